The Labute approximate surface area is 166 Å². The third kappa shape index (κ3) is 10.8. The second-order valence-corrected chi connectivity index (χ2v) is 8.56. The number of aromatic nitrogens is 2. The van der Waals surface area contributed by atoms with Crippen LogP contribution in [-0.4, -0.2) is 10.1 Å². The molecule has 158 valence electrons. The van der Waals surface area contributed by atoms with Gasteiger partial charge in [0, 0.05) is 5.41 Å². The zero-order valence-electron chi connectivity index (χ0n) is 18.3. The highest BCUT2D eigenvalue weighted by atomic mass is 16.5. The highest BCUT2D eigenvalue weighted by Gasteiger charge is 2.28. The van der Waals surface area contributed by atoms with Gasteiger partial charge in [-0.15, -0.1) is 0 Å². The Morgan fingerprint density at radius 2 is 1.22 bits per heavy atom. The summed E-state index contributed by atoms with van der Waals surface area (Å²) in [5.41, 5.74) is -0.0668. The first-order valence-electron chi connectivity index (χ1n) is 11.7. The van der Waals surface area contributed by atoms with E-state index in [0.29, 0.717) is 5.82 Å². The highest BCUT2D eigenvalue weighted by Crippen LogP contribution is 2.30. The predicted octanol–water partition coefficient (Wildman–Crippen LogP) is 7.29. The minimum absolute atomic E-state index is 0.0668. The second kappa shape index (κ2) is 14.9. The van der Waals surface area contributed by atoms with Crippen LogP contribution in [0.5, 0.6) is 0 Å². The molecule has 0 spiro atoms. The summed E-state index contributed by atoms with van der Waals surface area (Å²) in [6.45, 7) is 6.60. The highest BCUT2D eigenvalue weighted by molar-refractivity contribution is 5.02. The van der Waals surface area contributed by atoms with E-state index in [1.54, 1.807) is 0 Å². The van der Waals surface area contributed by atoms with Crippen molar-refractivity contribution < 1.29 is 4.52 Å². The maximum absolute atomic E-state index is 11.2. The van der Waals surface area contributed by atoms with E-state index in [1.165, 1.54) is 96.3 Å². The summed E-state index contributed by atoms with van der Waals surface area (Å²) in [4.78, 5) is 13.9. The zero-order valence-corrected chi connectivity index (χ0v) is 18.3. The van der Waals surface area contributed by atoms with Crippen LogP contribution in [0.25, 0.3) is 0 Å². The fraction of sp³-hybridized carbons (Fsp3) is 0.913. The zero-order chi connectivity index (χ0) is 19.8. The van der Waals surface area contributed by atoms with Crippen LogP contribution in [0.1, 0.15) is 136 Å². The van der Waals surface area contributed by atoms with Crippen LogP contribution in [0.3, 0.4) is 0 Å². The monoisotopic (exact) mass is 380 g/mol. The Morgan fingerprint density at radius 3 is 1.59 bits per heavy atom. The summed E-state index contributed by atoms with van der Waals surface area (Å²) in [5, 5.41) is 3.90. The molecule has 4 heteroatoms. The third-order valence-electron chi connectivity index (χ3n) is 6.12. The summed E-state index contributed by atoms with van der Waals surface area (Å²) in [7, 11) is 0. The standard InChI is InChI=1S/C23H44N2O2/c1-4-6-7-8-9-10-11-12-13-14-15-16-17-18-19-20-23(3,5-2)21-24-22(26)27-25-21/h4-20H2,1-3H3,(H,24,25,26). The van der Waals surface area contributed by atoms with E-state index >= 15 is 0 Å². The van der Waals surface area contributed by atoms with Crippen molar-refractivity contribution in [2.24, 2.45) is 0 Å². The average Bonchev–Trinajstić information content (AvgIpc) is 3.11. The number of aromatic amines is 1. The molecule has 1 atom stereocenters. The van der Waals surface area contributed by atoms with Crippen molar-refractivity contribution in [2.45, 2.75) is 135 Å². The molecule has 0 fully saturated rings. The number of nitrogens with zero attached hydrogens (tertiary/aromatic N) is 1. The molecule has 1 rings (SSSR count). The lowest BCUT2D eigenvalue weighted by Gasteiger charge is -2.24. The minimum atomic E-state index is -0.443. The molecular weight excluding hydrogens is 336 g/mol. The average molecular weight is 381 g/mol. The Bertz CT molecular complexity index is 508. The maximum atomic E-state index is 11.2. The first-order chi connectivity index (χ1) is 13.1. The number of unbranched alkanes of at least 4 members (excludes halogenated alkanes) is 14. The number of hydrogen-bond donors (Lipinski definition) is 1. The molecule has 0 radical (unpaired) electrons. The van der Waals surface area contributed by atoms with Gasteiger partial charge in [-0.1, -0.05) is 122 Å². The molecule has 0 amide bonds. The second-order valence-electron chi connectivity index (χ2n) is 8.56. The molecule has 0 bridgehead atoms. The maximum Gasteiger partial charge on any atom is 0.438 e. The molecule has 1 N–H and O–H groups in total. The van der Waals surface area contributed by atoms with Gasteiger partial charge in [0.1, 0.15) is 0 Å². The quantitative estimate of drug-likeness (QED) is 0.272. The summed E-state index contributed by atoms with van der Waals surface area (Å²) in [6.07, 6.45) is 22.8. The molecule has 1 aromatic rings. The van der Waals surface area contributed by atoms with Crippen LogP contribution >= 0.6 is 0 Å². The van der Waals surface area contributed by atoms with Gasteiger partial charge >= 0.3 is 5.76 Å². The van der Waals surface area contributed by atoms with Crippen LogP contribution in [0, 0.1) is 0 Å². The van der Waals surface area contributed by atoms with Gasteiger partial charge in [0.2, 0.25) is 0 Å². The van der Waals surface area contributed by atoms with Crippen LogP contribution < -0.4 is 5.76 Å². The molecule has 0 aromatic carbocycles. The lowest BCUT2D eigenvalue weighted by atomic mass is 9.81. The Morgan fingerprint density at radius 1 is 0.778 bits per heavy atom. The Kier molecular flexibility index (Phi) is 13.3. The Hall–Kier alpha value is -1.06. The van der Waals surface area contributed by atoms with Crippen LogP contribution in [0.4, 0.5) is 0 Å². The van der Waals surface area contributed by atoms with Crippen molar-refractivity contribution in [3.05, 3.63) is 16.4 Å². The van der Waals surface area contributed by atoms with Crippen molar-refractivity contribution in [1.82, 2.24) is 10.1 Å². The molecule has 4 nitrogen and oxygen atoms in total. The lowest BCUT2D eigenvalue weighted by Crippen LogP contribution is -2.23. The summed E-state index contributed by atoms with van der Waals surface area (Å²) < 4.78 is 4.68. The van der Waals surface area contributed by atoms with E-state index in [4.69, 9.17) is 0 Å². The van der Waals surface area contributed by atoms with Gasteiger partial charge in [0.05, 0.1) is 0 Å². The van der Waals surface area contributed by atoms with Gasteiger partial charge in [-0.05, 0) is 12.8 Å². The SMILES string of the molecule is CCCCCCCCCCCCCCCCCC(C)(CC)c1noc(=O)[nH]1. The van der Waals surface area contributed by atoms with E-state index in [9.17, 15) is 4.79 Å². The molecule has 0 aliphatic carbocycles. The van der Waals surface area contributed by atoms with E-state index in [-0.39, 0.29) is 5.41 Å². The predicted molar refractivity (Wildman–Crippen MR) is 114 cm³/mol. The van der Waals surface area contributed by atoms with Gasteiger partial charge in [-0.25, -0.2) is 4.79 Å². The first-order valence-corrected chi connectivity index (χ1v) is 11.7. The number of nitrogens with one attached hydrogen (secondary N) is 1. The van der Waals surface area contributed by atoms with Crippen molar-refractivity contribution in [3.63, 3.8) is 0 Å². The van der Waals surface area contributed by atoms with Gasteiger partial charge in [0.15, 0.2) is 5.82 Å². The van der Waals surface area contributed by atoms with Gasteiger partial charge < -0.3 is 0 Å². The molecular formula is C23H44N2O2. The van der Waals surface area contributed by atoms with E-state index in [0.717, 1.165) is 12.8 Å². The molecule has 1 aromatic heterocycles. The van der Waals surface area contributed by atoms with Gasteiger partial charge in [0.25, 0.3) is 0 Å². The molecule has 0 saturated carbocycles. The van der Waals surface area contributed by atoms with Crippen LogP contribution in [-0.2, 0) is 5.41 Å². The van der Waals surface area contributed by atoms with Crippen molar-refractivity contribution in [2.75, 3.05) is 0 Å². The van der Waals surface area contributed by atoms with Gasteiger partial charge in [-0.2, -0.15) is 0 Å². The number of rotatable bonds is 18. The smallest absolute Gasteiger partial charge is 0.296 e. The summed E-state index contributed by atoms with van der Waals surface area (Å²) in [5.74, 6) is 0.265. The first kappa shape index (κ1) is 24.0. The molecule has 0 saturated heterocycles. The van der Waals surface area contributed by atoms with E-state index in [2.05, 4.69) is 35.4 Å². The fourth-order valence-electron chi connectivity index (χ4n) is 3.84. The van der Waals surface area contributed by atoms with E-state index < -0.39 is 5.76 Å². The lowest BCUT2D eigenvalue weighted by molar-refractivity contribution is 0.333. The number of hydrogen-bond acceptors (Lipinski definition) is 3. The molecule has 0 aliphatic rings. The molecule has 0 aliphatic heterocycles. The fourth-order valence-corrected chi connectivity index (χ4v) is 3.84. The summed E-state index contributed by atoms with van der Waals surface area (Å²) in [6, 6.07) is 0. The van der Waals surface area contributed by atoms with Crippen LogP contribution in [0.15, 0.2) is 9.32 Å². The van der Waals surface area contributed by atoms with Crippen molar-refractivity contribution in [1.29, 1.82) is 0 Å². The molecule has 27 heavy (non-hydrogen) atoms. The van der Waals surface area contributed by atoms with E-state index in [1.807, 2.05) is 0 Å². The normalized spacial score (nSPS) is 13.7. The number of H-pyrrole nitrogens is 1. The minimum Gasteiger partial charge on any atom is -0.296 e. The van der Waals surface area contributed by atoms with Crippen LogP contribution in [0.2, 0.25) is 0 Å². The Balaban J connectivity index is 1.92. The topological polar surface area (TPSA) is 58.9 Å². The van der Waals surface area contributed by atoms with Crippen molar-refractivity contribution >= 4 is 0 Å². The molecule has 1 unspecified atom stereocenters. The third-order valence-corrected chi connectivity index (χ3v) is 6.12. The molecule has 1 heterocycles. The van der Waals surface area contributed by atoms with Gasteiger partial charge in [-0.3, -0.25) is 9.51 Å². The largest absolute Gasteiger partial charge is 0.438 e. The summed E-state index contributed by atoms with van der Waals surface area (Å²) >= 11 is 0. The van der Waals surface area contributed by atoms with Crippen molar-refractivity contribution in [3.8, 4) is 0 Å².